The van der Waals surface area contributed by atoms with Crippen molar-refractivity contribution in [3.05, 3.63) is 47.1 Å². The molecule has 124 valence electrons. The molecule has 3 nitrogen and oxygen atoms in total. The molecule has 0 saturated carbocycles. The number of hydrogen-bond donors (Lipinski definition) is 0. The molecule has 0 amide bonds. The van der Waals surface area contributed by atoms with Crippen LogP contribution in [0.1, 0.15) is 47.5 Å². The van der Waals surface area contributed by atoms with E-state index in [9.17, 15) is 9.59 Å². The predicted molar refractivity (Wildman–Crippen MR) is 91.8 cm³/mol. The predicted octanol–water partition coefficient (Wildman–Crippen LogP) is 4.31. The summed E-state index contributed by atoms with van der Waals surface area (Å²) < 4.78 is 5.88. The smallest absolute Gasteiger partial charge is 0.334 e. The number of carbonyl (C=O) groups excluding carboxylic acids is 2. The molecule has 0 N–H and O–H groups in total. The van der Waals surface area contributed by atoms with E-state index >= 15 is 0 Å². The Morgan fingerprint density at radius 3 is 2.65 bits per heavy atom. The van der Waals surface area contributed by atoms with Gasteiger partial charge in [-0.2, -0.15) is 0 Å². The summed E-state index contributed by atoms with van der Waals surface area (Å²) >= 11 is 0. The molecule has 0 bridgehead atoms. The summed E-state index contributed by atoms with van der Waals surface area (Å²) in [4.78, 5) is 24.9. The van der Waals surface area contributed by atoms with Crippen LogP contribution >= 0.6 is 0 Å². The van der Waals surface area contributed by atoms with Gasteiger partial charge in [0.1, 0.15) is 6.10 Å². The number of hydrogen-bond acceptors (Lipinski definition) is 3. The van der Waals surface area contributed by atoms with Crippen molar-refractivity contribution in [2.75, 3.05) is 0 Å². The molecule has 2 rings (SSSR count). The second-order valence-electron chi connectivity index (χ2n) is 6.88. The lowest BCUT2D eigenvalue weighted by atomic mass is 9.58. The van der Waals surface area contributed by atoms with Crippen molar-refractivity contribution in [1.82, 2.24) is 0 Å². The maximum absolute atomic E-state index is 12.6. The minimum Gasteiger partial charge on any atom is -0.453 e. The highest BCUT2D eigenvalue weighted by Gasteiger charge is 2.51. The zero-order valence-corrected chi connectivity index (χ0v) is 14.7. The molecule has 0 radical (unpaired) electrons. The summed E-state index contributed by atoms with van der Waals surface area (Å²) in [6, 6.07) is 0. The van der Waals surface area contributed by atoms with Gasteiger partial charge < -0.3 is 4.74 Å². The summed E-state index contributed by atoms with van der Waals surface area (Å²) in [5, 5.41) is 0. The molecular formula is C20H26O3. The Bertz CT molecular complexity index is 648. The highest BCUT2D eigenvalue weighted by molar-refractivity contribution is 6.07. The van der Waals surface area contributed by atoms with Crippen LogP contribution < -0.4 is 0 Å². The van der Waals surface area contributed by atoms with E-state index in [1.807, 2.05) is 26.8 Å². The molecule has 2 aliphatic carbocycles. The molecule has 2 aliphatic rings. The Morgan fingerprint density at radius 1 is 1.43 bits per heavy atom. The van der Waals surface area contributed by atoms with Crippen molar-refractivity contribution >= 4 is 11.8 Å². The molecule has 0 aliphatic heterocycles. The number of rotatable bonds is 3. The quantitative estimate of drug-likeness (QED) is 0.576. The van der Waals surface area contributed by atoms with E-state index in [1.54, 1.807) is 19.1 Å². The molecule has 0 unspecified atom stereocenters. The Labute approximate surface area is 138 Å². The van der Waals surface area contributed by atoms with Crippen LogP contribution in [0.3, 0.4) is 0 Å². The largest absolute Gasteiger partial charge is 0.453 e. The summed E-state index contributed by atoms with van der Waals surface area (Å²) in [7, 11) is 0. The summed E-state index contributed by atoms with van der Waals surface area (Å²) in [6.07, 6.45) is 6.75. The fraction of sp³-hybridized carbons (Fsp3) is 0.500. The summed E-state index contributed by atoms with van der Waals surface area (Å²) in [6.45, 7) is 13.6. The molecule has 0 heterocycles. The lowest BCUT2D eigenvalue weighted by Crippen LogP contribution is -2.49. The standard InChI is InChI=1S/C20H26O3/c1-7-13(4)19(22)23-18-15(12(2)3)11-17(21)16-10-8-9-14(5)20(16,18)6/h7,10-11,14,18H,2,8-9H2,1,3-6H3/b13-7-/t14-,18+,20+/m0/s1. The Morgan fingerprint density at radius 2 is 2.09 bits per heavy atom. The zero-order chi connectivity index (χ0) is 17.4. The van der Waals surface area contributed by atoms with Gasteiger partial charge >= 0.3 is 5.97 Å². The van der Waals surface area contributed by atoms with E-state index in [0.29, 0.717) is 5.57 Å². The van der Waals surface area contributed by atoms with Crippen molar-refractivity contribution in [3.8, 4) is 0 Å². The van der Waals surface area contributed by atoms with Gasteiger partial charge in [0.15, 0.2) is 5.78 Å². The van der Waals surface area contributed by atoms with Crippen LogP contribution in [0.15, 0.2) is 47.1 Å². The van der Waals surface area contributed by atoms with Crippen LogP contribution in [-0.2, 0) is 14.3 Å². The van der Waals surface area contributed by atoms with Gasteiger partial charge in [0.25, 0.3) is 0 Å². The van der Waals surface area contributed by atoms with Gasteiger partial charge in [-0.05, 0) is 51.2 Å². The first-order valence-corrected chi connectivity index (χ1v) is 8.19. The maximum atomic E-state index is 12.6. The van der Waals surface area contributed by atoms with Crippen LogP contribution in [0.4, 0.5) is 0 Å². The van der Waals surface area contributed by atoms with E-state index in [1.165, 1.54) is 0 Å². The first-order valence-electron chi connectivity index (χ1n) is 8.19. The fourth-order valence-corrected chi connectivity index (χ4v) is 3.50. The topological polar surface area (TPSA) is 43.4 Å². The number of carbonyl (C=O) groups is 2. The molecule has 0 aromatic heterocycles. The average Bonchev–Trinajstić information content (AvgIpc) is 2.50. The van der Waals surface area contributed by atoms with E-state index in [2.05, 4.69) is 13.5 Å². The number of esters is 1. The van der Waals surface area contributed by atoms with E-state index in [-0.39, 0.29) is 17.7 Å². The van der Waals surface area contributed by atoms with E-state index in [4.69, 9.17) is 4.74 Å². The Hall–Kier alpha value is -1.90. The molecule has 0 saturated heterocycles. The van der Waals surface area contributed by atoms with E-state index < -0.39 is 11.5 Å². The van der Waals surface area contributed by atoms with Gasteiger partial charge in [-0.1, -0.05) is 38.2 Å². The van der Waals surface area contributed by atoms with Gasteiger partial charge in [-0.3, -0.25) is 4.79 Å². The molecule has 23 heavy (non-hydrogen) atoms. The highest BCUT2D eigenvalue weighted by atomic mass is 16.5. The molecular weight excluding hydrogens is 288 g/mol. The Balaban J connectivity index is 2.56. The minimum absolute atomic E-state index is 0.0205. The third-order valence-electron chi connectivity index (χ3n) is 5.40. The number of ether oxygens (including phenoxy) is 1. The number of fused-ring (bicyclic) bond motifs is 1. The van der Waals surface area contributed by atoms with Crippen LogP contribution in [0.5, 0.6) is 0 Å². The number of allylic oxidation sites excluding steroid dienone is 3. The summed E-state index contributed by atoms with van der Waals surface area (Å²) in [5.41, 5.74) is 2.35. The SMILES string of the molecule is C=C(C)C1=CC(=O)C2=CCC[C@H](C)[C@@]2(C)[C@@H]1OC(=O)/C(C)=C\C. The van der Waals surface area contributed by atoms with Crippen LogP contribution in [0.25, 0.3) is 0 Å². The van der Waals surface area contributed by atoms with Crippen LogP contribution in [0, 0.1) is 11.3 Å². The molecule has 3 heteroatoms. The Kier molecular flexibility index (Phi) is 4.79. The lowest BCUT2D eigenvalue weighted by molar-refractivity contribution is -0.150. The van der Waals surface area contributed by atoms with Gasteiger partial charge in [-0.15, -0.1) is 0 Å². The third-order valence-corrected chi connectivity index (χ3v) is 5.40. The van der Waals surface area contributed by atoms with E-state index in [0.717, 1.165) is 29.6 Å². The van der Waals surface area contributed by atoms with Crippen molar-refractivity contribution < 1.29 is 14.3 Å². The second-order valence-corrected chi connectivity index (χ2v) is 6.88. The van der Waals surface area contributed by atoms with Crippen molar-refractivity contribution in [1.29, 1.82) is 0 Å². The van der Waals surface area contributed by atoms with Gasteiger partial charge in [0.05, 0.1) is 0 Å². The fourth-order valence-electron chi connectivity index (χ4n) is 3.50. The maximum Gasteiger partial charge on any atom is 0.334 e. The highest BCUT2D eigenvalue weighted by Crippen LogP contribution is 2.51. The monoisotopic (exact) mass is 314 g/mol. The van der Waals surface area contributed by atoms with Crippen LogP contribution in [-0.4, -0.2) is 17.9 Å². The second kappa shape index (κ2) is 6.31. The first-order chi connectivity index (χ1) is 10.7. The lowest BCUT2D eigenvalue weighted by Gasteiger charge is -2.48. The molecule has 0 aromatic rings. The van der Waals surface area contributed by atoms with Crippen molar-refractivity contribution in [2.45, 2.75) is 53.6 Å². The van der Waals surface area contributed by atoms with Crippen molar-refractivity contribution in [2.24, 2.45) is 11.3 Å². The molecule has 0 fully saturated rings. The summed E-state index contributed by atoms with van der Waals surface area (Å²) in [5.74, 6) is -0.0670. The normalized spacial score (nSPS) is 31.0. The minimum atomic E-state index is -0.498. The van der Waals surface area contributed by atoms with Crippen LogP contribution in [0.2, 0.25) is 0 Å². The van der Waals surface area contributed by atoms with Gasteiger partial charge in [0.2, 0.25) is 0 Å². The number of ketones is 1. The van der Waals surface area contributed by atoms with Crippen molar-refractivity contribution in [3.63, 3.8) is 0 Å². The molecule has 3 atom stereocenters. The molecule has 0 spiro atoms. The average molecular weight is 314 g/mol. The van der Waals surface area contributed by atoms with Gasteiger partial charge in [0, 0.05) is 16.6 Å². The zero-order valence-electron chi connectivity index (χ0n) is 14.7. The first kappa shape index (κ1) is 17.5. The third kappa shape index (κ3) is 2.85. The van der Waals surface area contributed by atoms with Gasteiger partial charge in [-0.25, -0.2) is 4.79 Å². The molecule has 0 aromatic carbocycles.